The molecule has 0 spiro atoms. The molecule has 1 aromatic carbocycles. The van der Waals surface area contributed by atoms with Gasteiger partial charge in [-0.1, -0.05) is 18.2 Å². The van der Waals surface area contributed by atoms with Crippen LogP contribution in [0.15, 0.2) is 35.4 Å². The molecule has 4 rings (SSSR count). The zero-order valence-electron chi connectivity index (χ0n) is 16.4. The number of carbonyl (C=O) groups is 1. The van der Waals surface area contributed by atoms with Crippen LogP contribution < -0.4 is 15.6 Å². The Balaban J connectivity index is 1.71. The van der Waals surface area contributed by atoms with Crippen LogP contribution in [0.1, 0.15) is 54.0 Å². The maximum Gasteiger partial charge on any atom is 0.262 e. The van der Waals surface area contributed by atoms with Gasteiger partial charge in [0.05, 0.1) is 22.6 Å². The second-order valence-electron chi connectivity index (χ2n) is 7.70. The van der Waals surface area contributed by atoms with Gasteiger partial charge < -0.3 is 10.1 Å². The summed E-state index contributed by atoms with van der Waals surface area (Å²) in [6.45, 7) is 8.30. The zero-order valence-corrected chi connectivity index (χ0v) is 17.2. The Morgan fingerprint density at radius 3 is 2.89 bits per heavy atom. The lowest BCUT2D eigenvalue weighted by Crippen LogP contribution is -2.41. The first-order valence-electron chi connectivity index (χ1n) is 9.38. The van der Waals surface area contributed by atoms with Crippen molar-refractivity contribution >= 4 is 27.5 Å². The number of para-hydroxylation sites is 1. The topological polar surface area (TPSA) is 73.2 Å². The SMILES string of the molecule is CCn1cnc2sc(C(=O)N[C@H]3CC(C)(C)Oc4ccccc43)c(C)c2c1=O. The number of thiophene rings is 1. The number of ether oxygens (including phenoxy) is 1. The van der Waals surface area contributed by atoms with Crippen molar-refractivity contribution < 1.29 is 9.53 Å². The predicted octanol–water partition coefficient (Wildman–Crippen LogP) is 3.82. The maximum absolute atomic E-state index is 13.1. The monoisotopic (exact) mass is 397 g/mol. The van der Waals surface area contributed by atoms with Crippen molar-refractivity contribution in [2.24, 2.45) is 0 Å². The highest BCUT2D eigenvalue weighted by Crippen LogP contribution is 2.39. The second kappa shape index (κ2) is 6.74. The molecule has 2 aromatic heterocycles. The third-order valence-corrected chi connectivity index (χ3v) is 6.34. The molecule has 0 aliphatic carbocycles. The summed E-state index contributed by atoms with van der Waals surface area (Å²) in [6, 6.07) is 7.63. The molecule has 146 valence electrons. The molecule has 1 amide bonds. The maximum atomic E-state index is 13.1. The Bertz CT molecular complexity index is 1130. The summed E-state index contributed by atoms with van der Waals surface area (Å²) in [5.41, 5.74) is 1.19. The highest BCUT2D eigenvalue weighted by Gasteiger charge is 2.35. The van der Waals surface area contributed by atoms with Gasteiger partial charge in [0, 0.05) is 18.5 Å². The Hall–Kier alpha value is -2.67. The highest BCUT2D eigenvalue weighted by molar-refractivity contribution is 7.20. The molecule has 0 unspecified atom stereocenters. The Kier molecular flexibility index (Phi) is 4.50. The van der Waals surface area contributed by atoms with Gasteiger partial charge >= 0.3 is 0 Å². The first-order chi connectivity index (χ1) is 13.3. The lowest BCUT2D eigenvalue weighted by atomic mass is 9.89. The summed E-state index contributed by atoms with van der Waals surface area (Å²) in [4.78, 5) is 31.3. The fraction of sp³-hybridized carbons (Fsp3) is 0.381. The van der Waals surface area contributed by atoms with E-state index in [1.165, 1.54) is 11.3 Å². The number of aryl methyl sites for hydroxylation is 2. The molecule has 7 heteroatoms. The van der Waals surface area contributed by atoms with Gasteiger partial charge in [-0.25, -0.2) is 4.98 Å². The molecule has 0 bridgehead atoms. The zero-order chi connectivity index (χ0) is 20.1. The van der Waals surface area contributed by atoms with Gasteiger partial charge in [-0.3, -0.25) is 14.2 Å². The van der Waals surface area contributed by atoms with E-state index < -0.39 is 0 Å². The van der Waals surface area contributed by atoms with Gasteiger partial charge in [0.1, 0.15) is 16.2 Å². The number of nitrogens with one attached hydrogen (secondary N) is 1. The van der Waals surface area contributed by atoms with Gasteiger partial charge in [-0.15, -0.1) is 11.3 Å². The van der Waals surface area contributed by atoms with E-state index in [4.69, 9.17) is 4.74 Å². The minimum atomic E-state index is -0.377. The number of rotatable bonds is 3. The number of hydrogen-bond acceptors (Lipinski definition) is 5. The standard InChI is InChI=1S/C21H23N3O3S/c1-5-24-11-22-19-16(20(24)26)12(2)17(28-19)18(25)23-14-10-21(3,4)27-15-9-7-6-8-13(14)15/h6-9,11,14H,5,10H2,1-4H3,(H,23,25)/t14-/m0/s1. The molecule has 6 nitrogen and oxygen atoms in total. The van der Waals surface area contributed by atoms with Crippen molar-refractivity contribution in [3.8, 4) is 5.75 Å². The van der Waals surface area contributed by atoms with Crippen molar-refractivity contribution in [1.82, 2.24) is 14.9 Å². The van der Waals surface area contributed by atoms with Crippen LogP contribution in [0, 0.1) is 6.92 Å². The smallest absolute Gasteiger partial charge is 0.262 e. The van der Waals surface area contributed by atoms with Crippen LogP contribution in [0.5, 0.6) is 5.75 Å². The van der Waals surface area contributed by atoms with Crippen molar-refractivity contribution in [2.75, 3.05) is 0 Å². The molecular formula is C21H23N3O3S. The van der Waals surface area contributed by atoms with Crippen molar-refractivity contribution in [3.63, 3.8) is 0 Å². The molecule has 1 N–H and O–H groups in total. The number of nitrogens with zero attached hydrogens (tertiary/aromatic N) is 2. The third kappa shape index (κ3) is 3.09. The van der Waals surface area contributed by atoms with E-state index >= 15 is 0 Å². The van der Waals surface area contributed by atoms with E-state index in [1.54, 1.807) is 10.9 Å². The fourth-order valence-electron chi connectivity index (χ4n) is 3.76. The van der Waals surface area contributed by atoms with Crippen molar-refractivity contribution in [3.05, 3.63) is 57.0 Å². The van der Waals surface area contributed by atoms with Gasteiger partial charge in [0.2, 0.25) is 0 Å². The number of amides is 1. The van der Waals surface area contributed by atoms with E-state index in [1.807, 2.05) is 52.0 Å². The van der Waals surface area contributed by atoms with E-state index in [0.29, 0.717) is 33.6 Å². The van der Waals surface area contributed by atoms with E-state index in [2.05, 4.69) is 10.3 Å². The summed E-state index contributed by atoms with van der Waals surface area (Å²) in [7, 11) is 0. The number of hydrogen-bond donors (Lipinski definition) is 1. The Morgan fingerprint density at radius 2 is 2.14 bits per heavy atom. The molecule has 3 aromatic rings. The fourth-order valence-corrected chi connectivity index (χ4v) is 4.80. The normalized spacial score (nSPS) is 17.8. The van der Waals surface area contributed by atoms with Crippen molar-refractivity contribution in [1.29, 1.82) is 0 Å². The summed E-state index contributed by atoms with van der Waals surface area (Å²) >= 11 is 1.27. The number of fused-ring (bicyclic) bond motifs is 2. The van der Waals surface area contributed by atoms with E-state index in [0.717, 1.165) is 11.3 Å². The van der Waals surface area contributed by atoms with Crippen LogP contribution in [-0.2, 0) is 6.54 Å². The number of carbonyl (C=O) groups excluding carboxylic acids is 1. The summed E-state index contributed by atoms with van der Waals surface area (Å²) < 4.78 is 7.60. The number of aromatic nitrogens is 2. The molecule has 0 saturated carbocycles. The van der Waals surface area contributed by atoms with Gasteiger partial charge in [-0.2, -0.15) is 0 Å². The van der Waals surface area contributed by atoms with E-state index in [-0.39, 0.29) is 23.1 Å². The van der Waals surface area contributed by atoms with Gasteiger partial charge in [0.25, 0.3) is 11.5 Å². The van der Waals surface area contributed by atoms with Gasteiger partial charge in [-0.05, 0) is 39.3 Å². The largest absolute Gasteiger partial charge is 0.487 e. The lowest BCUT2D eigenvalue weighted by Gasteiger charge is -2.37. The summed E-state index contributed by atoms with van der Waals surface area (Å²) in [5, 5.41) is 3.69. The van der Waals surface area contributed by atoms with Gasteiger partial charge in [0.15, 0.2) is 0 Å². The Morgan fingerprint density at radius 1 is 1.39 bits per heavy atom. The highest BCUT2D eigenvalue weighted by atomic mass is 32.1. The average molecular weight is 398 g/mol. The lowest BCUT2D eigenvalue weighted by molar-refractivity contribution is 0.0621. The second-order valence-corrected chi connectivity index (χ2v) is 8.70. The minimum Gasteiger partial charge on any atom is -0.487 e. The molecule has 0 saturated heterocycles. The number of benzene rings is 1. The first kappa shape index (κ1) is 18.7. The molecule has 3 heterocycles. The predicted molar refractivity (Wildman–Crippen MR) is 110 cm³/mol. The summed E-state index contributed by atoms with van der Waals surface area (Å²) in [5.74, 6) is 0.616. The van der Waals surface area contributed by atoms with Crippen LogP contribution in [0.4, 0.5) is 0 Å². The van der Waals surface area contributed by atoms with Crippen LogP contribution in [0.25, 0.3) is 10.2 Å². The van der Waals surface area contributed by atoms with E-state index in [9.17, 15) is 9.59 Å². The summed E-state index contributed by atoms with van der Waals surface area (Å²) in [6.07, 6.45) is 2.21. The molecule has 1 aliphatic rings. The van der Waals surface area contributed by atoms with Crippen LogP contribution >= 0.6 is 11.3 Å². The third-order valence-electron chi connectivity index (χ3n) is 5.15. The van der Waals surface area contributed by atoms with Crippen LogP contribution in [0.3, 0.4) is 0 Å². The molecule has 1 aliphatic heterocycles. The van der Waals surface area contributed by atoms with Crippen LogP contribution in [-0.4, -0.2) is 21.1 Å². The van der Waals surface area contributed by atoms with Crippen molar-refractivity contribution in [2.45, 2.75) is 52.3 Å². The minimum absolute atomic E-state index is 0.0992. The van der Waals surface area contributed by atoms with Crippen LogP contribution in [0.2, 0.25) is 0 Å². The molecular weight excluding hydrogens is 374 g/mol. The Labute approximate surface area is 167 Å². The average Bonchev–Trinajstić information content (AvgIpc) is 2.98. The first-order valence-corrected chi connectivity index (χ1v) is 10.2. The quantitative estimate of drug-likeness (QED) is 0.729. The molecule has 28 heavy (non-hydrogen) atoms. The molecule has 1 atom stereocenters. The molecule has 0 fully saturated rings. The molecule has 0 radical (unpaired) electrons.